The minimum absolute atomic E-state index is 0.0265. The summed E-state index contributed by atoms with van der Waals surface area (Å²) in [4.78, 5) is 17.9. The number of nitrogens with one attached hydrogen (secondary N) is 1. The summed E-state index contributed by atoms with van der Waals surface area (Å²) in [5.74, 6) is 0.462. The highest BCUT2D eigenvalue weighted by Gasteiger charge is 2.48. The van der Waals surface area contributed by atoms with Crippen LogP contribution in [0.3, 0.4) is 0 Å². The van der Waals surface area contributed by atoms with Gasteiger partial charge >= 0.3 is 6.18 Å². The summed E-state index contributed by atoms with van der Waals surface area (Å²) in [5, 5.41) is 12.8. The minimum Gasteiger partial charge on any atom is -0.396 e. The predicted molar refractivity (Wildman–Crippen MR) is 162 cm³/mol. The topological polar surface area (TPSA) is 113 Å². The lowest BCUT2D eigenvalue weighted by atomic mass is 9.79. The number of benzene rings is 1. The lowest BCUT2D eigenvalue weighted by molar-refractivity contribution is -0.138. The van der Waals surface area contributed by atoms with Gasteiger partial charge in [-0.15, -0.1) is 0 Å². The number of carbonyl (C=O) groups is 1. The molecule has 1 saturated heterocycles. The van der Waals surface area contributed by atoms with E-state index in [0.29, 0.717) is 77.0 Å². The molecule has 5 rings (SSSR count). The molecule has 0 unspecified atom stereocenters. The molecule has 2 aromatic rings. The number of halogens is 3. The molecule has 1 spiro atoms. The van der Waals surface area contributed by atoms with E-state index >= 15 is 0 Å². The quantitative estimate of drug-likeness (QED) is 0.315. The number of aromatic nitrogens is 1. The fourth-order valence-electron chi connectivity index (χ4n) is 6.80. The maximum absolute atomic E-state index is 13.3. The summed E-state index contributed by atoms with van der Waals surface area (Å²) >= 11 is 0. The van der Waals surface area contributed by atoms with Crippen LogP contribution < -0.4 is 5.32 Å². The Hall–Kier alpha value is -2.48. The molecular weight excluding hydrogens is 597 g/mol. The van der Waals surface area contributed by atoms with Crippen molar-refractivity contribution in [3.05, 3.63) is 36.0 Å². The molecule has 0 bridgehead atoms. The van der Waals surface area contributed by atoms with Crippen LogP contribution in [-0.2, 0) is 32.5 Å². The van der Waals surface area contributed by atoms with Crippen LogP contribution in [0.2, 0.25) is 0 Å². The Morgan fingerprint density at radius 2 is 1.84 bits per heavy atom. The lowest BCUT2D eigenvalue weighted by Crippen LogP contribution is -2.51. The third-order valence-electron chi connectivity index (χ3n) is 9.47. The van der Waals surface area contributed by atoms with Crippen LogP contribution in [0.1, 0.15) is 63.4 Å². The van der Waals surface area contributed by atoms with Gasteiger partial charge in [0, 0.05) is 62.3 Å². The van der Waals surface area contributed by atoms with E-state index < -0.39 is 28.2 Å². The molecule has 3 heterocycles. The number of rotatable bonds is 13. The SMILES string of the molecule is O=C1NC(C2CCC(CCC(F)(F)F)CC2)=NC12CCN(S(=O)(=O)CCc1cccc3c1ccn3CCOCCCO)CC2. The molecule has 0 radical (unpaired) electrons. The van der Waals surface area contributed by atoms with Gasteiger partial charge in [0.25, 0.3) is 5.91 Å². The normalized spacial score (nSPS) is 22.9. The molecule has 1 saturated carbocycles. The number of alkyl halides is 3. The zero-order chi connectivity index (χ0) is 31.4. The van der Waals surface area contributed by atoms with Crippen LogP contribution in [0.5, 0.6) is 0 Å². The van der Waals surface area contributed by atoms with Crippen molar-refractivity contribution in [2.75, 3.05) is 38.7 Å². The number of nitrogens with zero attached hydrogens (tertiary/aromatic N) is 3. The highest BCUT2D eigenvalue weighted by molar-refractivity contribution is 7.89. The third-order valence-corrected chi connectivity index (χ3v) is 11.3. The maximum Gasteiger partial charge on any atom is 0.389 e. The van der Waals surface area contributed by atoms with Gasteiger partial charge in [-0.1, -0.05) is 12.1 Å². The fourth-order valence-corrected chi connectivity index (χ4v) is 8.28. The first-order chi connectivity index (χ1) is 21.0. The zero-order valence-electron chi connectivity index (χ0n) is 25.0. The van der Waals surface area contributed by atoms with Gasteiger partial charge in [0.2, 0.25) is 10.0 Å². The van der Waals surface area contributed by atoms with Gasteiger partial charge in [0.05, 0.1) is 12.4 Å². The van der Waals surface area contributed by atoms with Crippen molar-refractivity contribution in [2.24, 2.45) is 16.8 Å². The van der Waals surface area contributed by atoms with Crippen LogP contribution in [0.25, 0.3) is 10.9 Å². The number of amidine groups is 1. The Balaban J connectivity index is 1.13. The van der Waals surface area contributed by atoms with E-state index in [2.05, 4.69) is 9.88 Å². The van der Waals surface area contributed by atoms with Crippen molar-refractivity contribution < 1.29 is 36.2 Å². The maximum atomic E-state index is 13.3. The first-order valence-corrected chi connectivity index (χ1v) is 17.3. The van der Waals surface area contributed by atoms with E-state index in [4.69, 9.17) is 14.8 Å². The molecule has 1 aromatic carbocycles. The van der Waals surface area contributed by atoms with E-state index in [0.717, 1.165) is 16.5 Å². The van der Waals surface area contributed by atoms with Crippen molar-refractivity contribution >= 4 is 32.7 Å². The van der Waals surface area contributed by atoms with Crippen LogP contribution in [-0.4, -0.2) is 84.5 Å². The summed E-state index contributed by atoms with van der Waals surface area (Å²) in [5.41, 5.74) is 1.00. The smallest absolute Gasteiger partial charge is 0.389 e. The number of fused-ring (bicyclic) bond motifs is 1. The fraction of sp³-hybridized carbons (Fsp3) is 0.677. The number of aliphatic hydroxyl groups excluding tert-OH is 1. The Labute approximate surface area is 256 Å². The van der Waals surface area contributed by atoms with Crippen molar-refractivity contribution in [3.8, 4) is 0 Å². The first-order valence-electron chi connectivity index (χ1n) is 15.7. The average Bonchev–Trinajstić information content (AvgIpc) is 3.56. The van der Waals surface area contributed by atoms with Crippen molar-refractivity contribution in [3.63, 3.8) is 0 Å². The number of amides is 1. The Kier molecular flexibility index (Phi) is 10.4. The van der Waals surface area contributed by atoms with Crippen LogP contribution in [0, 0.1) is 11.8 Å². The van der Waals surface area contributed by atoms with E-state index in [1.165, 1.54) is 4.31 Å². The standard InChI is InChI=1S/C31H43F3N4O5S/c32-31(33,34)12-9-23-5-7-25(8-6-23)28-35-29(40)30(36-28)13-16-38(17-14-30)44(41,42)22-11-24-3-1-4-27-26(24)10-15-37(27)18-21-43-20-2-19-39/h1,3-4,10,15,23,25,39H,2,5-9,11-14,16-22H2,(H,35,36,40). The van der Waals surface area contributed by atoms with Gasteiger partial charge in [0.1, 0.15) is 11.4 Å². The highest BCUT2D eigenvalue weighted by Crippen LogP contribution is 2.38. The second-order valence-electron chi connectivity index (χ2n) is 12.4. The molecule has 1 aliphatic carbocycles. The molecule has 44 heavy (non-hydrogen) atoms. The zero-order valence-corrected chi connectivity index (χ0v) is 25.8. The van der Waals surface area contributed by atoms with Gasteiger partial charge in [-0.2, -0.15) is 13.2 Å². The van der Waals surface area contributed by atoms with Crippen molar-refractivity contribution in [2.45, 2.75) is 82.5 Å². The number of hydrogen-bond acceptors (Lipinski definition) is 6. The largest absolute Gasteiger partial charge is 0.396 e. The van der Waals surface area contributed by atoms with E-state index in [-0.39, 0.29) is 49.6 Å². The van der Waals surface area contributed by atoms with Gasteiger partial charge in [-0.25, -0.2) is 12.7 Å². The molecule has 3 aliphatic rings. The van der Waals surface area contributed by atoms with Gasteiger partial charge < -0.3 is 19.7 Å². The van der Waals surface area contributed by atoms with E-state index in [1.807, 2.05) is 30.5 Å². The molecule has 9 nitrogen and oxygen atoms in total. The molecule has 0 atom stereocenters. The Morgan fingerprint density at radius 1 is 1.09 bits per heavy atom. The minimum atomic E-state index is -4.13. The molecule has 2 N–H and O–H groups in total. The average molecular weight is 641 g/mol. The summed E-state index contributed by atoms with van der Waals surface area (Å²) in [7, 11) is -3.56. The summed E-state index contributed by atoms with van der Waals surface area (Å²) in [6.07, 6.45) is 1.60. The van der Waals surface area contributed by atoms with Gasteiger partial charge in [-0.3, -0.25) is 9.79 Å². The Morgan fingerprint density at radius 3 is 2.55 bits per heavy atom. The van der Waals surface area contributed by atoms with Crippen LogP contribution in [0.4, 0.5) is 13.2 Å². The Bertz CT molecular complexity index is 1430. The third kappa shape index (κ3) is 7.83. The second-order valence-corrected chi connectivity index (χ2v) is 14.5. The number of ether oxygens (including phenoxy) is 1. The first kappa shape index (κ1) is 32.9. The number of aliphatic imine (C=N–C) groups is 1. The van der Waals surface area contributed by atoms with E-state index in [9.17, 15) is 26.4 Å². The highest BCUT2D eigenvalue weighted by atomic mass is 32.2. The molecule has 2 aliphatic heterocycles. The number of sulfonamides is 1. The summed E-state index contributed by atoms with van der Waals surface area (Å²) < 4.78 is 73.6. The van der Waals surface area contributed by atoms with Crippen LogP contribution >= 0.6 is 0 Å². The summed E-state index contributed by atoms with van der Waals surface area (Å²) in [6.45, 7) is 2.22. The molecule has 13 heteroatoms. The monoisotopic (exact) mass is 640 g/mol. The number of aliphatic hydroxyl groups is 1. The second kappa shape index (κ2) is 13.9. The van der Waals surface area contributed by atoms with Crippen LogP contribution in [0.15, 0.2) is 35.5 Å². The lowest BCUT2D eigenvalue weighted by Gasteiger charge is -2.34. The predicted octanol–water partition coefficient (Wildman–Crippen LogP) is 4.42. The molecule has 1 aromatic heterocycles. The molecule has 1 amide bonds. The summed E-state index contributed by atoms with van der Waals surface area (Å²) in [6, 6.07) is 7.89. The van der Waals surface area contributed by atoms with Crippen molar-refractivity contribution in [1.82, 2.24) is 14.2 Å². The molecule has 2 fully saturated rings. The molecule has 244 valence electrons. The number of aryl methyl sites for hydroxylation is 1. The van der Waals surface area contributed by atoms with Crippen molar-refractivity contribution in [1.29, 1.82) is 0 Å². The number of hydrogen-bond donors (Lipinski definition) is 2. The number of piperidine rings is 1. The number of carbonyl (C=O) groups excluding carboxylic acids is 1. The van der Waals surface area contributed by atoms with E-state index in [1.54, 1.807) is 0 Å². The molecular formula is C31H43F3N4O5S. The van der Waals surface area contributed by atoms with Gasteiger partial charge in [0.15, 0.2) is 0 Å². The van der Waals surface area contributed by atoms with Gasteiger partial charge in [-0.05, 0) is 81.4 Å².